The summed E-state index contributed by atoms with van der Waals surface area (Å²) < 4.78 is 0. The molecular weight excluding hydrogens is 266 g/mol. The van der Waals surface area contributed by atoms with Crippen molar-refractivity contribution in [3.8, 4) is 0 Å². The van der Waals surface area contributed by atoms with Crippen molar-refractivity contribution in [3.05, 3.63) is 29.3 Å². The molecule has 1 fully saturated rings. The van der Waals surface area contributed by atoms with Crippen LogP contribution in [0.1, 0.15) is 19.3 Å². The predicted molar refractivity (Wildman–Crippen MR) is 73.9 cm³/mol. The Hall–Kier alpha value is -1.75. The molecule has 0 saturated heterocycles. The van der Waals surface area contributed by atoms with Crippen LogP contribution in [0.5, 0.6) is 0 Å². The highest BCUT2D eigenvalue weighted by Crippen LogP contribution is 2.25. The van der Waals surface area contributed by atoms with Crippen molar-refractivity contribution in [1.82, 2.24) is 5.32 Å². The van der Waals surface area contributed by atoms with Gasteiger partial charge in [-0.05, 0) is 31.0 Å². The number of hydrogen-bond acceptors (Lipinski definition) is 2. The van der Waals surface area contributed by atoms with Gasteiger partial charge in [-0.3, -0.25) is 4.79 Å². The summed E-state index contributed by atoms with van der Waals surface area (Å²) in [6, 6.07) is 6.34. The summed E-state index contributed by atoms with van der Waals surface area (Å²) >= 11 is 5.83. The first-order chi connectivity index (χ1) is 9.06. The zero-order valence-corrected chi connectivity index (χ0v) is 11.1. The Morgan fingerprint density at radius 1 is 1.32 bits per heavy atom. The number of hydrogen-bond donors (Lipinski definition) is 3. The van der Waals surface area contributed by atoms with Crippen molar-refractivity contribution in [2.24, 2.45) is 11.7 Å². The topological polar surface area (TPSA) is 84.2 Å². The zero-order valence-electron chi connectivity index (χ0n) is 10.4. The summed E-state index contributed by atoms with van der Waals surface area (Å²) in [5.41, 5.74) is 5.92. The summed E-state index contributed by atoms with van der Waals surface area (Å²) in [7, 11) is 0. The Labute approximate surface area is 116 Å². The van der Waals surface area contributed by atoms with Gasteiger partial charge in [0, 0.05) is 16.8 Å². The van der Waals surface area contributed by atoms with E-state index in [1.54, 1.807) is 24.3 Å². The SMILES string of the molecule is NC(=O)[C@H]1CCC[C@H]1NC(=O)Nc1cccc(Cl)c1. The molecule has 102 valence electrons. The van der Waals surface area contributed by atoms with Gasteiger partial charge in [0.1, 0.15) is 0 Å². The smallest absolute Gasteiger partial charge is 0.319 e. The number of anilines is 1. The van der Waals surface area contributed by atoms with Gasteiger partial charge in [-0.15, -0.1) is 0 Å². The van der Waals surface area contributed by atoms with Gasteiger partial charge in [0.2, 0.25) is 5.91 Å². The van der Waals surface area contributed by atoms with Crippen LogP contribution in [0.25, 0.3) is 0 Å². The van der Waals surface area contributed by atoms with Gasteiger partial charge >= 0.3 is 6.03 Å². The van der Waals surface area contributed by atoms with Gasteiger partial charge in [0.25, 0.3) is 0 Å². The van der Waals surface area contributed by atoms with Crippen LogP contribution in [-0.4, -0.2) is 18.0 Å². The van der Waals surface area contributed by atoms with Crippen LogP contribution >= 0.6 is 11.6 Å². The van der Waals surface area contributed by atoms with Crippen LogP contribution in [0.3, 0.4) is 0 Å². The molecule has 6 heteroatoms. The minimum absolute atomic E-state index is 0.184. The molecule has 0 aliphatic heterocycles. The van der Waals surface area contributed by atoms with E-state index in [0.717, 1.165) is 19.3 Å². The Balaban J connectivity index is 1.92. The summed E-state index contributed by atoms with van der Waals surface area (Å²) in [5.74, 6) is -0.629. The molecule has 3 amide bonds. The van der Waals surface area contributed by atoms with Gasteiger partial charge in [-0.1, -0.05) is 24.1 Å². The molecule has 0 bridgehead atoms. The molecule has 1 aliphatic carbocycles. The second-order valence-electron chi connectivity index (χ2n) is 4.66. The number of rotatable bonds is 3. The monoisotopic (exact) mass is 281 g/mol. The summed E-state index contributed by atoms with van der Waals surface area (Å²) in [6.45, 7) is 0. The molecule has 0 spiro atoms. The third-order valence-corrected chi connectivity index (χ3v) is 3.52. The second-order valence-corrected chi connectivity index (χ2v) is 5.09. The highest BCUT2D eigenvalue weighted by Gasteiger charge is 2.32. The molecular formula is C13H16ClN3O2. The van der Waals surface area contributed by atoms with Gasteiger partial charge < -0.3 is 16.4 Å². The van der Waals surface area contributed by atoms with Crippen molar-refractivity contribution < 1.29 is 9.59 Å². The average molecular weight is 282 g/mol. The summed E-state index contributed by atoms with van der Waals surface area (Å²) in [4.78, 5) is 23.1. The minimum atomic E-state index is -0.356. The predicted octanol–water partition coefficient (Wildman–Crippen LogP) is 2.12. The van der Waals surface area contributed by atoms with Crippen LogP contribution in [0.15, 0.2) is 24.3 Å². The average Bonchev–Trinajstić information content (AvgIpc) is 2.76. The lowest BCUT2D eigenvalue weighted by molar-refractivity contribution is -0.122. The molecule has 19 heavy (non-hydrogen) atoms. The lowest BCUT2D eigenvalue weighted by Gasteiger charge is -2.18. The van der Waals surface area contributed by atoms with Crippen LogP contribution < -0.4 is 16.4 Å². The van der Waals surface area contributed by atoms with E-state index >= 15 is 0 Å². The Morgan fingerprint density at radius 2 is 2.11 bits per heavy atom. The number of carbonyl (C=O) groups excluding carboxylic acids is 2. The number of urea groups is 1. The highest BCUT2D eigenvalue weighted by atomic mass is 35.5. The molecule has 1 aliphatic rings. The Morgan fingerprint density at radius 3 is 2.79 bits per heavy atom. The van der Waals surface area contributed by atoms with E-state index in [1.807, 2.05) is 0 Å². The van der Waals surface area contributed by atoms with E-state index < -0.39 is 0 Å². The van der Waals surface area contributed by atoms with Crippen LogP contribution in [0, 0.1) is 5.92 Å². The molecule has 5 nitrogen and oxygen atoms in total. The fourth-order valence-electron chi connectivity index (χ4n) is 2.38. The maximum absolute atomic E-state index is 11.8. The Bertz CT molecular complexity index is 493. The van der Waals surface area contributed by atoms with Gasteiger partial charge in [-0.2, -0.15) is 0 Å². The van der Waals surface area contributed by atoms with Crippen LogP contribution in [-0.2, 0) is 4.79 Å². The third-order valence-electron chi connectivity index (χ3n) is 3.28. The number of nitrogens with one attached hydrogen (secondary N) is 2. The second kappa shape index (κ2) is 5.93. The first kappa shape index (κ1) is 13.7. The quantitative estimate of drug-likeness (QED) is 0.793. The van der Waals surface area contributed by atoms with Crippen LogP contribution in [0.2, 0.25) is 5.02 Å². The molecule has 1 aromatic rings. The number of amides is 3. The number of benzene rings is 1. The van der Waals surface area contributed by atoms with Crippen molar-refractivity contribution >= 4 is 29.2 Å². The normalized spacial score (nSPS) is 21.9. The van der Waals surface area contributed by atoms with E-state index in [-0.39, 0.29) is 23.9 Å². The number of carbonyl (C=O) groups is 2. The fraction of sp³-hybridized carbons (Fsp3) is 0.385. The van der Waals surface area contributed by atoms with E-state index in [4.69, 9.17) is 17.3 Å². The first-order valence-electron chi connectivity index (χ1n) is 6.18. The summed E-state index contributed by atoms with van der Waals surface area (Å²) in [5, 5.41) is 6.02. The lowest BCUT2D eigenvalue weighted by Crippen LogP contribution is -2.44. The van der Waals surface area contributed by atoms with Crippen LogP contribution in [0.4, 0.5) is 10.5 Å². The van der Waals surface area contributed by atoms with Crippen molar-refractivity contribution in [2.75, 3.05) is 5.32 Å². The Kier molecular flexibility index (Phi) is 4.27. The number of nitrogens with two attached hydrogens (primary N) is 1. The molecule has 0 heterocycles. The summed E-state index contributed by atoms with van der Waals surface area (Å²) in [6.07, 6.45) is 2.41. The van der Waals surface area contributed by atoms with Gasteiger partial charge in [0.15, 0.2) is 0 Å². The lowest BCUT2D eigenvalue weighted by atomic mass is 10.0. The highest BCUT2D eigenvalue weighted by molar-refractivity contribution is 6.30. The molecule has 0 radical (unpaired) electrons. The van der Waals surface area contributed by atoms with E-state index in [9.17, 15) is 9.59 Å². The van der Waals surface area contributed by atoms with Gasteiger partial charge in [0.05, 0.1) is 5.92 Å². The third kappa shape index (κ3) is 3.61. The molecule has 0 unspecified atom stereocenters. The molecule has 4 N–H and O–H groups in total. The maximum atomic E-state index is 11.8. The number of primary amides is 1. The number of halogens is 1. The minimum Gasteiger partial charge on any atom is -0.369 e. The molecule has 0 aromatic heterocycles. The molecule has 1 aromatic carbocycles. The van der Waals surface area contributed by atoms with Crippen molar-refractivity contribution in [1.29, 1.82) is 0 Å². The fourth-order valence-corrected chi connectivity index (χ4v) is 2.57. The van der Waals surface area contributed by atoms with E-state index in [0.29, 0.717) is 10.7 Å². The largest absolute Gasteiger partial charge is 0.369 e. The molecule has 2 rings (SSSR count). The molecule has 2 atom stereocenters. The van der Waals surface area contributed by atoms with Gasteiger partial charge in [-0.25, -0.2) is 4.79 Å². The van der Waals surface area contributed by atoms with Crippen molar-refractivity contribution in [2.45, 2.75) is 25.3 Å². The maximum Gasteiger partial charge on any atom is 0.319 e. The standard InChI is InChI=1S/C13H16ClN3O2/c14-8-3-1-4-9(7-8)16-13(19)17-11-6-2-5-10(11)12(15)18/h1,3-4,7,10-11H,2,5-6H2,(H2,15,18)(H2,16,17,19)/t10-,11+/m0/s1. The molecule has 1 saturated carbocycles. The van der Waals surface area contributed by atoms with E-state index in [1.165, 1.54) is 0 Å². The zero-order chi connectivity index (χ0) is 13.8. The first-order valence-corrected chi connectivity index (χ1v) is 6.56. The van der Waals surface area contributed by atoms with E-state index in [2.05, 4.69) is 10.6 Å². The van der Waals surface area contributed by atoms with Crippen molar-refractivity contribution in [3.63, 3.8) is 0 Å².